The zero-order valence-electron chi connectivity index (χ0n) is 12.3. The number of hydrogen-bond acceptors (Lipinski definition) is 5. The topological polar surface area (TPSA) is 68.0 Å². The number of hydrogen-bond donors (Lipinski definition) is 1. The van der Waals surface area contributed by atoms with E-state index in [1.54, 1.807) is 25.1 Å². The molecular formula is C14H15Cl2N3O2S. The van der Waals surface area contributed by atoms with Gasteiger partial charge in [-0.2, -0.15) is 0 Å². The predicted octanol–water partition coefficient (Wildman–Crippen LogP) is 4.62. The molecule has 0 radical (unpaired) electrons. The third kappa shape index (κ3) is 4.38. The van der Waals surface area contributed by atoms with E-state index in [-0.39, 0.29) is 11.8 Å². The van der Waals surface area contributed by atoms with Gasteiger partial charge in [0.1, 0.15) is 0 Å². The highest BCUT2D eigenvalue weighted by atomic mass is 35.5. The summed E-state index contributed by atoms with van der Waals surface area (Å²) >= 11 is 13.1. The minimum atomic E-state index is -0.421. The monoisotopic (exact) mass is 359 g/mol. The highest BCUT2D eigenvalue weighted by Gasteiger charge is 2.20. The van der Waals surface area contributed by atoms with Crippen LogP contribution in [-0.2, 0) is 4.79 Å². The van der Waals surface area contributed by atoms with Gasteiger partial charge in [0, 0.05) is 10.9 Å². The summed E-state index contributed by atoms with van der Waals surface area (Å²) in [5.74, 6) is 0.475. The summed E-state index contributed by atoms with van der Waals surface area (Å²) in [7, 11) is 0. The molecular weight excluding hydrogens is 345 g/mol. The first kappa shape index (κ1) is 17.1. The molecule has 1 aromatic heterocycles. The quantitative estimate of drug-likeness (QED) is 0.788. The molecule has 8 heteroatoms. The lowest BCUT2D eigenvalue weighted by Gasteiger charge is -2.11. The Labute approximate surface area is 142 Å². The van der Waals surface area contributed by atoms with Gasteiger partial charge in [-0.05, 0) is 25.1 Å². The second-order valence-electron chi connectivity index (χ2n) is 4.93. The van der Waals surface area contributed by atoms with Crippen molar-refractivity contribution in [3.8, 4) is 0 Å². The van der Waals surface area contributed by atoms with Gasteiger partial charge in [0.25, 0.3) is 5.22 Å². The summed E-state index contributed by atoms with van der Waals surface area (Å²) in [5.41, 5.74) is 0.472. The van der Waals surface area contributed by atoms with Crippen molar-refractivity contribution < 1.29 is 9.21 Å². The fourth-order valence-electron chi connectivity index (χ4n) is 1.53. The molecule has 0 aliphatic rings. The number of benzene rings is 1. The number of anilines is 1. The van der Waals surface area contributed by atoms with Crippen molar-refractivity contribution in [3.63, 3.8) is 0 Å². The Morgan fingerprint density at radius 3 is 2.64 bits per heavy atom. The second kappa shape index (κ2) is 7.35. The van der Waals surface area contributed by atoms with Crippen molar-refractivity contribution in [3.05, 3.63) is 34.1 Å². The van der Waals surface area contributed by atoms with Crippen molar-refractivity contribution in [1.29, 1.82) is 0 Å². The summed E-state index contributed by atoms with van der Waals surface area (Å²) in [4.78, 5) is 12.2. The van der Waals surface area contributed by atoms with Crippen LogP contribution < -0.4 is 5.32 Å². The van der Waals surface area contributed by atoms with E-state index in [2.05, 4.69) is 15.5 Å². The molecule has 5 nitrogen and oxygen atoms in total. The van der Waals surface area contributed by atoms with E-state index >= 15 is 0 Å². The van der Waals surface area contributed by atoms with Crippen LogP contribution in [0, 0.1) is 0 Å². The van der Waals surface area contributed by atoms with Crippen molar-refractivity contribution in [2.24, 2.45) is 0 Å². The van der Waals surface area contributed by atoms with Gasteiger partial charge in [0.2, 0.25) is 11.8 Å². The zero-order chi connectivity index (χ0) is 16.3. The fraction of sp³-hybridized carbons (Fsp3) is 0.357. The van der Waals surface area contributed by atoms with Gasteiger partial charge in [0.15, 0.2) is 0 Å². The molecule has 0 saturated carbocycles. The molecule has 118 valence electrons. The van der Waals surface area contributed by atoms with Crippen LogP contribution in [0.1, 0.15) is 32.6 Å². The SMILES string of the molecule is CC(C)c1nnc(S[C@H](C)C(=O)Nc2cc(Cl)ccc2Cl)o1. The number of nitrogens with zero attached hydrogens (tertiary/aromatic N) is 2. The number of nitrogens with one attached hydrogen (secondary N) is 1. The number of halogens is 2. The summed E-state index contributed by atoms with van der Waals surface area (Å²) in [6, 6.07) is 4.89. The first-order chi connectivity index (χ1) is 10.4. The Balaban J connectivity index is 2.01. The minimum absolute atomic E-state index is 0.149. The van der Waals surface area contributed by atoms with Gasteiger partial charge in [-0.15, -0.1) is 10.2 Å². The van der Waals surface area contributed by atoms with E-state index in [0.29, 0.717) is 26.8 Å². The number of amides is 1. The average molecular weight is 360 g/mol. The predicted molar refractivity (Wildman–Crippen MR) is 88.8 cm³/mol. The summed E-state index contributed by atoms with van der Waals surface area (Å²) in [5, 5.41) is 11.5. The van der Waals surface area contributed by atoms with Gasteiger partial charge in [-0.25, -0.2) is 0 Å². The minimum Gasteiger partial charge on any atom is -0.416 e. The lowest BCUT2D eigenvalue weighted by Crippen LogP contribution is -2.22. The molecule has 0 bridgehead atoms. The van der Waals surface area contributed by atoms with Crippen LogP contribution in [0.3, 0.4) is 0 Å². The van der Waals surface area contributed by atoms with Crippen molar-refractivity contribution in [1.82, 2.24) is 10.2 Å². The maximum atomic E-state index is 12.2. The molecule has 0 aliphatic carbocycles. The van der Waals surface area contributed by atoms with E-state index in [0.717, 1.165) is 0 Å². The average Bonchev–Trinajstić information content (AvgIpc) is 2.91. The van der Waals surface area contributed by atoms with Crippen LogP contribution >= 0.6 is 35.0 Å². The zero-order valence-corrected chi connectivity index (χ0v) is 14.6. The summed E-state index contributed by atoms with van der Waals surface area (Å²) in [6.45, 7) is 5.66. The number of carbonyl (C=O) groups excluding carboxylic acids is 1. The number of carbonyl (C=O) groups is 1. The van der Waals surface area contributed by atoms with Crippen LogP contribution in [0.2, 0.25) is 10.0 Å². The van der Waals surface area contributed by atoms with Crippen LogP contribution in [0.4, 0.5) is 5.69 Å². The van der Waals surface area contributed by atoms with Gasteiger partial charge < -0.3 is 9.73 Å². The molecule has 1 heterocycles. The highest BCUT2D eigenvalue weighted by Crippen LogP contribution is 2.28. The Morgan fingerprint density at radius 2 is 2.00 bits per heavy atom. The van der Waals surface area contributed by atoms with Crippen LogP contribution in [-0.4, -0.2) is 21.4 Å². The van der Waals surface area contributed by atoms with Crippen LogP contribution in [0.5, 0.6) is 0 Å². The lowest BCUT2D eigenvalue weighted by atomic mass is 10.2. The van der Waals surface area contributed by atoms with E-state index in [1.165, 1.54) is 11.8 Å². The molecule has 0 aliphatic heterocycles. The van der Waals surface area contributed by atoms with Crippen molar-refractivity contribution in [2.75, 3.05) is 5.32 Å². The summed E-state index contributed by atoms with van der Waals surface area (Å²) < 4.78 is 5.47. The van der Waals surface area contributed by atoms with E-state index in [9.17, 15) is 4.79 Å². The Morgan fingerprint density at radius 1 is 1.27 bits per heavy atom. The van der Waals surface area contributed by atoms with E-state index in [1.807, 2.05) is 13.8 Å². The maximum Gasteiger partial charge on any atom is 0.277 e. The molecule has 2 aromatic rings. The molecule has 0 fully saturated rings. The molecule has 1 amide bonds. The normalized spacial score (nSPS) is 12.5. The molecule has 0 spiro atoms. The van der Waals surface area contributed by atoms with E-state index < -0.39 is 5.25 Å². The standard InChI is InChI=1S/C14H15Cl2N3O2S/c1-7(2)13-18-19-14(21-13)22-8(3)12(20)17-11-6-9(15)4-5-10(11)16/h4-8H,1-3H3,(H,17,20)/t8-/m1/s1. The van der Waals surface area contributed by atoms with Gasteiger partial charge in [-0.1, -0.05) is 48.8 Å². The largest absolute Gasteiger partial charge is 0.416 e. The smallest absolute Gasteiger partial charge is 0.277 e. The number of aromatic nitrogens is 2. The van der Waals surface area contributed by atoms with Gasteiger partial charge in [0.05, 0.1) is 16.0 Å². The molecule has 2 rings (SSSR count). The van der Waals surface area contributed by atoms with E-state index in [4.69, 9.17) is 27.6 Å². The lowest BCUT2D eigenvalue weighted by molar-refractivity contribution is -0.115. The van der Waals surface area contributed by atoms with Crippen molar-refractivity contribution in [2.45, 2.75) is 37.2 Å². The molecule has 22 heavy (non-hydrogen) atoms. The fourth-order valence-corrected chi connectivity index (χ4v) is 2.56. The third-order valence-corrected chi connectivity index (χ3v) is 4.25. The Bertz CT molecular complexity index is 676. The summed E-state index contributed by atoms with van der Waals surface area (Å²) in [6.07, 6.45) is 0. The first-order valence-corrected chi connectivity index (χ1v) is 8.26. The number of thioether (sulfide) groups is 1. The molecule has 1 aromatic carbocycles. The molecule has 0 saturated heterocycles. The maximum absolute atomic E-state index is 12.2. The number of rotatable bonds is 5. The Hall–Kier alpha value is -1.24. The molecule has 1 atom stereocenters. The second-order valence-corrected chi connectivity index (χ2v) is 7.07. The highest BCUT2D eigenvalue weighted by molar-refractivity contribution is 8.00. The van der Waals surface area contributed by atoms with Crippen LogP contribution in [0.25, 0.3) is 0 Å². The molecule has 1 N–H and O–H groups in total. The molecule has 0 unspecified atom stereocenters. The van der Waals surface area contributed by atoms with Crippen molar-refractivity contribution >= 4 is 46.6 Å². The van der Waals surface area contributed by atoms with Gasteiger partial charge in [-0.3, -0.25) is 4.79 Å². The Kier molecular flexibility index (Phi) is 5.72. The van der Waals surface area contributed by atoms with Gasteiger partial charge >= 0.3 is 0 Å². The first-order valence-electron chi connectivity index (χ1n) is 6.62. The third-order valence-electron chi connectivity index (χ3n) is 2.75. The van der Waals surface area contributed by atoms with Crippen LogP contribution in [0.15, 0.2) is 27.8 Å².